The molecule has 0 saturated heterocycles. The molecule has 18 heavy (non-hydrogen) atoms. The van der Waals surface area contributed by atoms with E-state index >= 15 is 0 Å². The molecular weight excluding hydrogens is 225 g/mol. The van der Waals surface area contributed by atoms with Gasteiger partial charge >= 0.3 is 0 Å². The van der Waals surface area contributed by atoms with Crippen molar-refractivity contribution in [3.8, 4) is 0 Å². The molecule has 2 unspecified atom stereocenters. The summed E-state index contributed by atoms with van der Waals surface area (Å²) in [4.78, 5) is 0. The molecule has 0 spiro atoms. The van der Waals surface area contributed by atoms with Crippen LogP contribution in [0.25, 0.3) is 0 Å². The molecule has 0 heterocycles. The number of rotatable bonds is 6. The highest BCUT2D eigenvalue weighted by molar-refractivity contribution is 5.19. The van der Waals surface area contributed by atoms with E-state index in [2.05, 4.69) is 26.1 Å². The third kappa shape index (κ3) is 3.32. The molecule has 0 radical (unpaired) electrons. The summed E-state index contributed by atoms with van der Waals surface area (Å²) in [6.07, 6.45) is 3.36. The van der Waals surface area contributed by atoms with Crippen molar-refractivity contribution in [2.45, 2.75) is 46.1 Å². The zero-order valence-electron chi connectivity index (χ0n) is 11.7. The van der Waals surface area contributed by atoms with Gasteiger partial charge < -0.3 is 5.32 Å². The van der Waals surface area contributed by atoms with E-state index in [-0.39, 0.29) is 5.82 Å². The summed E-state index contributed by atoms with van der Waals surface area (Å²) in [6, 6.07) is 7.50. The fourth-order valence-corrected chi connectivity index (χ4v) is 2.80. The maximum atomic E-state index is 13.2. The van der Waals surface area contributed by atoms with Gasteiger partial charge in [0.25, 0.3) is 0 Å². The van der Waals surface area contributed by atoms with Gasteiger partial charge in [0.05, 0.1) is 0 Å². The van der Waals surface area contributed by atoms with Gasteiger partial charge in [-0.15, -0.1) is 0 Å². The summed E-state index contributed by atoms with van der Waals surface area (Å²) in [6.45, 7) is 7.88. The Balaban J connectivity index is 2.01. The van der Waals surface area contributed by atoms with Crippen molar-refractivity contribution in [1.29, 1.82) is 0 Å². The highest BCUT2D eigenvalue weighted by Gasteiger charge is 2.49. The highest BCUT2D eigenvalue weighted by Crippen LogP contribution is 2.54. The van der Waals surface area contributed by atoms with E-state index < -0.39 is 0 Å². The minimum Gasteiger partial charge on any atom is -0.313 e. The van der Waals surface area contributed by atoms with E-state index in [1.165, 1.54) is 12.5 Å². The smallest absolute Gasteiger partial charge is 0.123 e. The lowest BCUT2D eigenvalue weighted by atomic mass is 9.97. The molecule has 1 N–H and O–H groups in total. The first-order valence-electron chi connectivity index (χ1n) is 7.01. The Morgan fingerprint density at radius 2 is 2.17 bits per heavy atom. The topological polar surface area (TPSA) is 12.0 Å². The van der Waals surface area contributed by atoms with Crippen molar-refractivity contribution >= 4 is 0 Å². The fraction of sp³-hybridized carbons (Fsp3) is 0.625. The molecular formula is C16H24FN. The second-order valence-corrected chi connectivity index (χ2v) is 6.19. The van der Waals surface area contributed by atoms with Crippen molar-refractivity contribution in [3.63, 3.8) is 0 Å². The van der Waals surface area contributed by atoms with Crippen LogP contribution in [-0.2, 0) is 6.42 Å². The second kappa shape index (κ2) is 5.40. The van der Waals surface area contributed by atoms with Crippen LogP contribution < -0.4 is 5.32 Å². The van der Waals surface area contributed by atoms with Crippen molar-refractivity contribution in [2.75, 3.05) is 6.54 Å². The molecule has 1 saturated carbocycles. The Bertz CT molecular complexity index is 400. The average Bonchev–Trinajstić information content (AvgIpc) is 2.94. The Morgan fingerprint density at radius 3 is 2.72 bits per heavy atom. The monoisotopic (exact) mass is 249 g/mol. The maximum absolute atomic E-state index is 13.2. The maximum Gasteiger partial charge on any atom is 0.123 e. The van der Waals surface area contributed by atoms with Gasteiger partial charge in [-0.3, -0.25) is 0 Å². The molecule has 0 amide bonds. The van der Waals surface area contributed by atoms with Crippen molar-refractivity contribution < 1.29 is 4.39 Å². The Hall–Kier alpha value is -0.890. The molecule has 0 bridgehead atoms. The van der Waals surface area contributed by atoms with E-state index in [0.29, 0.717) is 11.5 Å². The predicted molar refractivity (Wildman–Crippen MR) is 74.1 cm³/mol. The molecule has 1 aliphatic rings. The zero-order chi connectivity index (χ0) is 13.2. The first kappa shape index (κ1) is 13.5. The van der Waals surface area contributed by atoms with Crippen LogP contribution in [-0.4, -0.2) is 12.6 Å². The molecule has 0 aliphatic heterocycles. The molecule has 1 aliphatic carbocycles. The first-order valence-corrected chi connectivity index (χ1v) is 7.01. The lowest BCUT2D eigenvalue weighted by Gasteiger charge is -2.20. The molecule has 1 aromatic rings. The van der Waals surface area contributed by atoms with E-state index in [4.69, 9.17) is 0 Å². The third-order valence-corrected chi connectivity index (χ3v) is 4.08. The quantitative estimate of drug-likeness (QED) is 0.809. The number of benzene rings is 1. The second-order valence-electron chi connectivity index (χ2n) is 6.19. The van der Waals surface area contributed by atoms with E-state index in [9.17, 15) is 4.39 Å². The molecule has 1 aromatic carbocycles. The largest absolute Gasteiger partial charge is 0.313 e. The summed E-state index contributed by atoms with van der Waals surface area (Å²) >= 11 is 0. The Morgan fingerprint density at radius 1 is 1.44 bits per heavy atom. The van der Waals surface area contributed by atoms with Gasteiger partial charge in [0.15, 0.2) is 0 Å². The minimum absolute atomic E-state index is 0.128. The first-order chi connectivity index (χ1) is 8.53. The zero-order valence-corrected chi connectivity index (χ0v) is 11.7. The molecule has 0 aromatic heterocycles. The minimum atomic E-state index is -0.128. The lowest BCUT2D eigenvalue weighted by molar-refractivity contribution is 0.402. The normalized spacial score (nSPS) is 22.8. The lowest BCUT2D eigenvalue weighted by Crippen LogP contribution is -2.35. The Kier molecular flexibility index (Phi) is 4.06. The SMILES string of the molecule is CCCNC(Cc1cccc(F)c1)C1CC1(C)C. The molecule has 2 atom stereocenters. The van der Waals surface area contributed by atoms with Crippen LogP contribution in [0.15, 0.2) is 24.3 Å². The number of nitrogens with one attached hydrogen (secondary N) is 1. The number of hydrogen-bond donors (Lipinski definition) is 1. The van der Waals surface area contributed by atoms with Crippen molar-refractivity contribution in [2.24, 2.45) is 11.3 Å². The summed E-state index contributed by atoms with van der Waals surface area (Å²) in [7, 11) is 0. The third-order valence-electron chi connectivity index (χ3n) is 4.08. The van der Waals surface area contributed by atoms with Crippen molar-refractivity contribution in [3.05, 3.63) is 35.6 Å². The van der Waals surface area contributed by atoms with Crippen LogP contribution in [0.5, 0.6) is 0 Å². The number of halogens is 1. The molecule has 2 rings (SSSR count). The van der Waals surface area contributed by atoms with Crippen LogP contribution in [0, 0.1) is 17.2 Å². The van der Waals surface area contributed by atoms with Gasteiger partial charge in [-0.25, -0.2) is 4.39 Å². The van der Waals surface area contributed by atoms with E-state index in [1.807, 2.05) is 6.07 Å². The van der Waals surface area contributed by atoms with E-state index in [0.717, 1.165) is 30.9 Å². The van der Waals surface area contributed by atoms with Gasteiger partial charge in [-0.1, -0.05) is 32.9 Å². The fourth-order valence-electron chi connectivity index (χ4n) is 2.80. The highest BCUT2D eigenvalue weighted by atomic mass is 19.1. The summed E-state index contributed by atoms with van der Waals surface area (Å²) in [5.41, 5.74) is 1.56. The van der Waals surface area contributed by atoms with Gasteiger partial charge in [0.2, 0.25) is 0 Å². The van der Waals surface area contributed by atoms with Gasteiger partial charge in [-0.2, -0.15) is 0 Å². The standard InChI is InChI=1S/C16H24FN/c1-4-8-18-15(14-11-16(14,2)3)10-12-6-5-7-13(17)9-12/h5-7,9,14-15,18H,4,8,10-11H2,1-3H3. The summed E-state index contributed by atoms with van der Waals surface area (Å²) < 4.78 is 13.2. The van der Waals surface area contributed by atoms with Gasteiger partial charge in [-0.05, 0) is 54.8 Å². The molecule has 1 fully saturated rings. The summed E-state index contributed by atoms with van der Waals surface area (Å²) in [5.74, 6) is 0.601. The average molecular weight is 249 g/mol. The van der Waals surface area contributed by atoms with E-state index in [1.54, 1.807) is 12.1 Å². The van der Waals surface area contributed by atoms with Crippen LogP contribution in [0.2, 0.25) is 0 Å². The van der Waals surface area contributed by atoms with Crippen LogP contribution >= 0.6 is 0 Å². The van der Waals surface area contributed by atoms with Gasteiger partial charge in [0, 0.05) is 6.04 Å². The Labute approximate surface area is 110 Å². The molecule has 2 heteroatoms. The van der Waals surface area contributed by atoms with Crippen LogP contribution in [0.3, 0.4) is 0 Å². The predicted octanol–water partition coefficient (Wildman–Crippen LogP) is 3.78. The number of hydrogen-bond acceptors (Lipinski definition) is 1. The molecule has 1 nitrogen and oxygen atoms in total. The van der Waals surface area contributed by atoms with Gasteiger partial charge in [0.1, 0.15) is 5.82 Å². The van der Waals surface area contributed by atoms with Crippen molar-refractivity contribution in [1.82, 2.24) is 5.32 Å². The molecule has 100 valence electrons. The summed E-state index contributed by atoms with van der Waals surface area (Å²) in [5, 5.41) is 3.63. The van der Waals surface area contributed by atoms with Crippen LogP contribution in [0.1, 0.15) is 39.2 Å². The van der Waals surface area contributed by atoms with Crippen LogP contribution in [0.4, 0.5) is 4.39 Å².